The molecule has 1 atom stereocenters. The molecule has 1 N–H and O–H groups in total. The first-order valence-electron chi connectivity index (χ1n) is 6.36. The number of morpholine rings is 1. The summed E-state index contributed by atoms with van der Waals surface area (Å²) in [5, 5.41) is 3.14. The van der Waals surface area contributed by atoms with E-state index in [1.807, 2.05) is 7.05 Å². The summed E-state index contributed by atoms with van der Waals surface area (Å²) in [5.74, 6) is 1.05. The van der Waals surface area contributed by atoms with E-state index in [0.717, 1.165) is 45.0 Å². The topological polar surface area (TPSA) is 37.6 Å². The van der Waals surface area contributed by atoms with Gasteiger partial charge in [-0.1, -0.05) is 6.92 Å². The fourth-order valence-electron chi connectivity index (χ4n) is 2.32. The molecule has 0 radical (unpaired) electrons. The lowest BCUT2D eigenvalue weighted by Crippen LogP contribution is -2.44. The molecule has 0 aliphatic carbocycles. The lowest BCUT2D eigenvalue weighted by molar-refractivity contribution is -0.0129. The van der Waals surface area contributed by atoms with Crippen LogP contribution in [0.25, 0.3) is 0 Å². The second-order valence-corrected chi connectivity index (χ2v) is 4.51. The first kappa shape index (κ1) is 12.6. The molecule has 1 aliphatic rings. The van der Waals surface area contributed by atoms with Gasteiger partial charge >= 0.3 is 0 Å². The SMILES string of the molecule is CCC1COCCN1Cc1ccoc1CNC. The molecule has 1 aromatic heterocycles. The molecule has 0 amide bonds. The number of rotatable bonds is 5. The van der Waals surface area contributed by atoms with Crippen molar-refractivity contribution in [1.29, 1.82) is 0 Å². The minimum Gasteiger partial charge on any atom is -0.468 e. The molecule has 0 spiro atoms. The van der Waals surface area contributed by atoms with Gasteiger partial charge in [0.15, 0.2) is 0 Å². The van der Waals surface area contributed by atoms with E-state index in [1.54, 1.807) is 6.26 Å². The van der Waals surface area contributed by atoms with Crippen LogP contribution in [0.1, 0.15) is 24.7 Å². The zero-order valence-electron chi connectivity index (χ0n) is 10.7. The van der Waals surface area contributed by atoms with E-state index in [4.69, 9.17) is 9.15 Å². The Balaban J connectivity index is 2.00. The smallest absolute Gasteiger partial charge is 0.122 e. The van der Waals surface area contributed by atoms with Crippen molar-refractivity contribution in [3.8, 4) is 0 Å². The molecule has 0 bridgehead atoms. The normalized spacial score (nSPS) is 21.9. The van der Waals surface area contributed by atoms with Gasteiger partial charge in [-0.2, -0.15) is 0 Å². The largest absolute Gasteiger partial charge is 0.468 e. The maximum atomic E-state index is 5.52. The summed E-state index contributed by atoms with van der Waals surface area (Å²) in [6.07, 6.45) is 2.92. The molecule has 1 unspecified atom stereocenters. The van der Waals surface area contributed by atoms with Gasteiger partial charge in [0.1, 0.15) is 5.76 Å². The van der Waals surface area contributed by atoms with Crippen molar-refractivity contribution in [2.75, 3.05) is 26.8 Å². The number of nitrogens with one attached hydrogen (secondary N) is 1. The van der Waals surface area contributed by atoms with Crippen LogP contribution in [0.5, 0.6) is 0 Å². The minimum absolute atomic E-state index is 0.543. The number of furan rings is 1. The van der Waals surface area contributed by atoms with Crippen LogP contribution < -0.4 is 5.32 Å². The van der Waals surface area contributed by atoms with Crippen LogP contribution in [-0.4, -0.2) is 37.7 Å². The van der Waals surface area contributed by atoms with Gasteiger partial charge in [-0.15, -0.1) is 0 Å². The predicted octanol–water partition coefficient (Wildman–Crippen LogP) is 1.61. The standard InChI is InChI=1S/C13H22N2O2/c1-3-12-10-16-7-5-15(12)9-11-4-6-17-13(11)8-14-2/h4,6,12,14H,3,5,7-10H2,1-2H3. The molecule has 1 aromatic rings. The van der Waals surface area contributed by atoms with E-state index in [-0.39, 0.29) is 0 Å². The van der Waals surface area contributed by atoms with Crippen LogP contribution in [0.3, 0.4) is 0 Å². The third-order valence-corrected chi connectivity index (χ3v) is 3.37. The highest BCUT2D eigenvalue weighted by Gasteiger charge is 2.22. The maximum absolute atomic E-state index is 5.52. The third-order valence-electron chi connectivity index (χ3n) is 3.37. The van der Waals surface area contributed by atoms with Crippen molar-refractivity contribution in [2.45, 2.75) is 32.5 Å². The van der Waals surface area contributed by atoms with Crippen molar-refractivity contribution >= 4 is 0 Å². The number of hydrogen-bond acceptors (Lipinski definition) is 4. The van der Waals surface area contributed by atoms with Crippen LogP contribution in [0.4, 0.5) is 0 Å². The van der Waals surface area contributed by atoms with E-state index in [2.05, 4.69) is 23.2 Å². The summed E-state index contributed by atoms with van der Waals surface area (Å²) in [7, 11) is 1.94. The van der Waals surface area contributed by atoms with Gasteiger partial charge in [-0.3, -0.25) is 4.90 Å². The Hall–Kier alpha value is -0.840. The Morgan fingerprint density at radius 3 is 3.18 bits per heavy atom. The summed E-state index contributed by atoms with van der Waals surface area (Å²) in [6.45, 7) is 6.70. The second kappa shape index (κ2) is 6.19. The third kappa shape index (κ3) is 3.09. The molecule has 4 heteroatoms. The molecular weight excluding hydrogens is 216 g/mol. The monoisotopic (exact) mass is 238 g/mol. The molecule has 0 aromatic carbocycles. The van der Waals surface area contributed by atoms with Crippen molar-refractivity contribution in [1.82, 2.24) is 10.2 Å². The fourth-order valence-corrected chi connectivity index (χ4v) is 2.32. The van der Waals surface area contributed by atoms with Crippen molar-refractivity contribution < 1.29 is 9.15 Å². The zero-order chi connectivity index (χ0) is 12.1. The van der Waals surface area contributed by atoms with E-state index >= 15 is 0 Å². The van der Waals surface area contributed by atoms with Gasteiger partial charge < -0.3 is 14.5 Å². The van der Waals surface area contributed by atoms with Gasteiger partial charge in [0.2, 0.25) is 0 Å². The Labute approximate surface area is 103 Å². The van der Waals surface area contributed by atoms with E-state index < -0.39 is 0 Å². The van der Waals surface area contributed by atoms with Gasteiger partial charge in [0.25, 0.3) is 0 Å². The average Bonchev–Trinajstić information content (AvgIpc) is 2.78. The number of hydrogen-bond donors (Lipinski definition) is 1. The van der Waals surface area contributed by atoms with Crippen LogP contribution in [0, 0.1) is 0 Å². The summed E-state index contributed by atoms with van der Waals surface area (Å²) < 4.78 is 11.0. The molecule has 2 heterocycles. The minimum atomic E-state index is 0.543. The van der Waals surface area contributed by atoms with Gasteiger partial charge in [0, 0.05) is 24.7 Å². The summed E-state index contributed by atoms with van der Waals surface area (Å²) in [5.41, 5.74) is 1.29. The highest BCUT2D eigenvalue weighted by molar-refractivity contribution is 5.17. The molecule has 2 rings (SSSR count). The van der Waals surface area contributed by atoms with Gasteiger partial charge in [-0.05, 0) is 19.5 Å². The second-order valence-electron chi connectivity index (χ2n) is 4.51. The van der Waals surface area contributed by atoms with Crippen molar-refractivity contribution in [3.05, 3.63) is 23.7 Å². The molecule has 17 heavy (non-hydrogen) atoms. The lowest BCUT2D eigenvalue weighted by Gasteiger charge is -2.34. The van der Waals surface area contributed by atoms with Crippen LogP contribution in [-0.2, 0) is 17.8 Å². The molecule has 1 aliphatic heterocycles. The first-order valence-corrected chi connectivity index (χ1v) is 6.36. The highest BCUT2D eigenvalue weighted by Crippen LogP contribution is 2.18. The predicted molar refractivity (Wildman–Crippen MR) is 66.8 cm³/mol. The number of nitrogens with zero attached hydrogens (tertiary/aromatic N) is 1. The van der Waals surface area contributed by atoms with E-state index in [9.17, 15) is 0 Å². The molecule has 1 fully saturated rings. The molecule has 4 nitrogen and oxygen atoms in total. The Bertz CT molecular complexity index is 338. The summed E-state index contributed by atoms with van der Waals surface area (Å²) in [6, 6.07) is 2.62. The highest BCUT2D eigenvalue weighted by atomic mass is 16.5. The average molecular weight is 238 g/mol. The fraction of sp³-hybridized carbons (Fsp3) is 0.692. The lowest BCUT2D eigenvalue weighted by atomic mass is 10.1. The Morgan fingerprint density at radius 2 is 2.41 bits per heavy atom. The first-order chi connectivity index (χ1) is 8.35. The van der Waals surface area contributed by atoms with E-state index in [0.29, 0.717) is 6.04 Å². The quantitative estimate of drug-likeness (QED) is 0.845. The Kier molecular flexibility index (Phi) is 4.59. The van der Waals surface area contributed by atoms with Gasteiger partial charge in [0.05, 0.1) is 26.0 Å². The molecular formula is C13H22N2O2. The molecule has 96 valence electrons. The van der Waals surface area contributed by atoms with Gasteiger partial charge in [-0.25, -0.2) is 0 Å². The molecule has 0 saturated carbocycles. The van der Waals surface area contributed by atoms with Crippen molar-refractivity contribution in [2.24, 2.45) is 0 Å². The van der Waals surface area contributed by atoms with Crippen LogP contribution in [0.15, 0.2) is 16.7 Å². The summed E-state index contributed by atoms with van der Waals surface area (Å²) in [4.78, 5) is 2.49. The summed E-state index contributed by atoms with van der Waals surface area (Å²) >= 11 is 0. The van der Waals surface area contributed by atoms with Crippen molar-refractivity contribution in [3.63, 3.8) is 0 Å². The van der Waals surface area contributed by atoms with E-state index in [1.165, 1.54) is 5.56 Å². The molecule has 1 saturated heterocycles. The maximum Gasteiger partial charge on any atom is 0.122 e. The van der Waals surface area contributed by atoms with Crippen LogP contribution >= 0.6 is 0 Å². The Morgan fingerprint density at radius 1 is 1.53 bits per heavy atom. The zero-order valence-corrected chi connectivity index (χ0v) is 10.7. The number of ether oxygens (including phenoxy) is 1. The van der Waals surface area contributed by atoms with Crippen LogP contribution in [0.2, 0.25) is 0 Å².